The number of hydrogen-bond acceptors (Lipinski definition) is 1. The van der Waals surface area contributed by atoms with E-state index in [0.29, 0.717) is 5.92 Å². The summed E-state index contributed by atoms with van der Waals surface area (Å²) in [6.45, 7) is 0. The summed E-state index contributed by atoms with van der Waals surface area (Å²) in [7, 11) is 0. The minimum Gasteiger partial charge on any atom is -0.392 e. The molecule has 1 atom stereocenters. The number of aliphatic hydroxyl groups is 1. The monoisotopic (exact) mass is 272 g/mol. The Hall–Kier alpha value is -0.820. The standard InChI is InChI=1S/C19H28O/c20-18(16-10-4-1-2-5-11-16)19(14-8-9-15-19)17-12-6-3-7-13-17/h3,6-7,12-13,16,18,20H,1-2,4-5,8-11,14-15H2. The van der Waals surface area contributed by atoms with E-state index in [1.54, 1.807) is 0 Å². The SMILES string of the molecule is OC(C1CCCCCC1)C1(c2ccccc2)CCCC1. The third-order valence-corrected chi connectivity index (χ3v) is 5.76. The fourth-order valence-corrected chi connectivity index (χ4v) is 4.61. The van der Waals surface area contributed by atoms with Gasteiger partial charge in [-0.2, -0.15) is 0 Å². The summed E-state index contributed by atoms with van der Waals surface area (Å²) in [5, 5.41) is 11.2. The van der Waals surface area contributed by atoms with Gasteiger partial charge in [0, 0.05) is 5.41 Å². The zero-order valence-electron chi connectivity index (χ0n) is 12.6. The van der Waals surface area contributed by atoms with Gasteiger partial charge in [0.25, 0.3) is 0 Å². The van der Waals surface area contributed by atoms with Crippen molar-refractivity contribution < 1.29 is 5.11 Å². The molecular weight excluding hydrogens is 244 g/mol. The third kappa shape index (κ3) is 2.65. The van der Waals surface area contributed by atoms with Crippen molar-refractivity contribution in [3.8, 4) is 0 Å². The van der Waals surface area contributed by atoms with Gasteiger partial charge in [-0.25, -0.2) is 0 Å². The molecule has 0 aromatic heterocycles. The van der Waals surface area contributed by atoms with Gasteiger partial charge in [-0.1, -0.05) is 68.9 Å². The molecule has 0 amide bonds. The van der Waals surface area contributed by atoms with Crippen molar-refractivity contribution in [1.29, 1.82) is 0 Å². The summed E-state index contributed by atoms with van der Waals surface area (Å²) in [6.07, 6.45) is 12.6. The van der Waals surface area contributed by atoms with Crippen LogP contribution in [0.25, 0.3) is 0 Å². The predicted octanol–water partition coefficient (Wildman–Crippen LogP) is 4.83. The molecule has 1 aromatic carbocycles. The Morgan fingerprint density at radius 1 is 0.850 bits per heavy atom. The fourth-order valence-electron chi connectivity index (χ4n) is 4.61. The van der Waals surface area contributed by atoms with Crippen LogP contribution in [-0.2, 0) is 5.41 Å². The summed E-state index contributed by atoms with van der Waals surface area (Å²) >= 11 is 0. The molecule has 110 valence electrons. The van der Waals surface area contributed by atoms with E-state index in [9.17, 15) is 5.11 Å². The van der Waals surface area contributed by atoms with Crippen molar-refractivity contribution in [2.24, 2.45) is 5.92 Å². The van der Waals surface area contributed by atoms with Crippen LogP contribution in [0.5, 0.6) is 0 Å². The molecule has 1 nitrogen and oxygen atoms in total. The molecule has 1 unspecified atom stereocenters. The zero-order valence-corrected chi connectivity index (χ0v) is 12.6. The molecule has 2 aliphatic carbocycles. The molecule has 0 radical (unpaired) electrons. The highest BCUT2D eigenvalue weighted by Crippen LogP contribution is 2.47. The van der Waals surface area contributed by atoms with Gasteiger partial charge in [0.15, 0.2) is 0 Å². The Balaban J connectivity index is 1.86. The molecule has 3 rings (SSSR count). The molecule has 0 aliphatic heterocycles. The first-order valence-corrected chi connectivity index (χ1v) is 8.56. The quantitative estimate of drug-likeness (QED) is 0.781. The number of aliphatic hydroxyl groups excluding tert-OH is 1. The van der Waals surface area contributed by atoms with Crippen LogP contribution in [0.15, 0.2) is 30.3 Å². The van der Waals surface area contributed by atoms with E-state index in [1.165, 1.54) is 69.8 Å². The predicted molar refractivity (Wildman–Crippen MR) is 83.8 cm³/mol. The van der Waals surface area contributed by atoms with Gasteiger partial charge in [0.05, 0.1) is 6.10 Å². The van der Waals surface area contributed by atoms with Gasteiger partial charge in [0.1, 0.15) is 0 Å². The van der Waals surface area contributed by atoms with Crippen LogP contribution in [0.1, 0.15) is 69.8 Å². The van der Waals surface area contributed by atoms with Crippen molar-refractivity contribution >= 4 is 0 Å². The maximum atomic E-state index is 11.2. The minimum atomic E-state index is -0.134. The highest BCUT2D eigenvalue weighted by atomic mass is 16.3. The van der Waals surface area contributed by atoms with Crippen LogP contribution in [-0.4, -0.2) is 11.2 Å². The van der Waals surface area contributed by atoms with Gasteiger partial charge in [0.2, 0.25) is 0 Å². The third-order valence-electron chi connectivity index (χ3n) is 5.76. The lowest BCUT2D eigenvalue weighted by molar-refractivity contribution is 0.0228. The summed E-state index contributed by atoms with van der Waals surface area (Å²) in [5.41, 5.74) is 1.44. The van der Waals surface area contributed by atoms with Crippen LogP contribution in [0.3, 0.4) is 0 Å². The van der Waals surface area contributed by atoms with Gasteiger partial charge in [-0.15, -0.1) is 0 Å². The molecule has 0 saturated heterocycles. The Morgan fingerprint density at radius 2 is 1.45 bits per heavy atom. The van der Waals surface area contributed by atoms with Crippen LogP contribution in [0, 0.1) is 5.92 Å². The second-order valence-electron chi connectivity index (χ2n) is 6.93. The van der Waals surface area contributed by atoms with Crippen LogP contribution >= 0.6 is 0 Å². The highest BCUT2D eigenvalue weighted by molar-refractivity contribution is 5.28. The molecule has 2 aliphatic rings. The molecule has 2 fully saturated rings. The van der Waals surface area contributed by atoms with E-state index in [0.717, 1.165) is 0 Å². The van der Waals surface area contributed by atoms with Gasteiger partial charge in [-0.05, 0) is 37.2 Å². The summed E-state index contributed by atoms with van der Waals surface area (Å²) in [5.74, 6) is 0.524. The summed E-state index contributed by atoms with van der Waals surface area (Å²) < 4.78 is 0. The summed E-state index contributed by atoms with van der Waals surface area (Å²) in [6, 6.07) is 10.8. The first-order valence-electron chi connectivity index (χ1n) is 8.56. The van der Waals surface area contributed by atoms with E-state index in [4.69, 9.17) is 0 Å². The second-order valence-corrected chi connectivity index (χ2v) is 6.93. The van der Waals surface area contributed by atoms with Gasteiger partial charge in [-0.3, -0.25) is 0 Å². The lowest BCUT2D eigenvalue weighted by atomic mass is 9.68. The molecule has 1 heteroatoms. The molecule has 0 spiro atoms. The van der Waals surface area contributed by atoms with Crippen LogP contribution in [0.2, 0.25) is 0 Å². The smallest absolute Gasteiger partial charge is 0.0664 e. The van der Waals surface area contributed by atoms with E-state index >= 15 is 0 Å². The van der Waals surface area contributed by atoms with E-state index < -0.39 is 0 Å². The number of rotatable bonds is 3. The van der Waals surface area contributed by atoms with Crippen molar-refractivity contribution in [2.75, 3.05) is 0 Å². The molecule has 0 heterocycles. The zero-order chi connectivity index (χ0) is 13.8. The van der Waals surface area contributed by atoms with E-state index in [-0.39, 0.29) is 11.5 Å². The van der Waals surface area contributed by atoms with Crippen molar-refractivity contribution in [1.82, 2.24) is 0 Å². The first kappa shape index (κ1) is 14.1. The molecule has 0 bridgehead atoms. The van der Waals surface area contributed by atoms with Crippen LogP contribution in [0.4, 0.5) is 0 Å². The average molecular weight is 272 g/mol. The maximum absolute atomic E-state index is 11.2. The average Bonchev–Trinajstić information content (AvgIpc) is 2.84. The van der Waals surface area contributed by atoms with Crippen molar-refractivity contribution in [3.05, 3.63) is 35.9 Å². The molecular formula is C19H28O. The lowest BCUT2D eigenvalue weighted by Gasteiger charge is -2.39. The van der Waals surface area contributed by atoms with Crippen molar-refractivity contribution in [3.63, 3.8) is 0 Å². The minimum absolute atomic E-state index is 0.0519. The number of hydrogen-bond donors (Lipinski definition) is 1. The topological polar surface area (TPSA) is 20.2 Å². The molecule has 1 aromatic rings. The van der Waals surface area contributed by atoms with Crippen LogP contribution < -0.4 is 0 Å². The largest absolute Gasteiger partial charge is 0.392 e. The van der Waals surface area contributed by atoms with E-state index in [1.807, 2.05) is 0 Å². The van der Waals surface area contributed by atoms with Gasteiger partial charge < -0.3 is 5.11 Å². The first-order chi connectivity index (χ1) is 9.83. The van der Waals surface area contributed by atoms with Crippen molar-refractivity contribution in [2.45, 2.75) is 75.7 Å². The molecule has 2 saturated carbocycles. The number of benzene rings is 1. The fraction of sp³-hybridized carbons (Fsp3) is 0.684. The maximum Gasteiger partial charge on any atom is 0.0664 e. The summed E-state index contributed by atoms with van der Waals surface area (Å²) in [4.78, 5) is 0. The highest BCUT2D eigenvalue weighted by Gasteiger charge is 2.44. The second kappa shape index (κ2) is 6.30. The van der Waals surface area contributed by atoms with E-state index in [2.05, 4.69) is 30.3 Å². The Labute approximate surface area is 123 Å². The Kier molecular flexibility index (Phi) is 4.45. The normalized spacial score (nSPS) is 25.2. The molecule has 1 N–H and O–H groups in total. The molecule has 20 heavy (non-hydrogen) atoms. The Bertz CT molecular complexity index is 397. The van der Waals surface area contributed by atoms with Gasteiger partial charge >= 0.3 is 0 Å². The lowest BCUT2D eigenvalue weighted by Crippen LogP contribution is -2.42. The Morgan fingerprint density at radius 3 is 2.05 bits per heavy atom.